The molecule has 0 aliphatic rings. The van der Waals surface area contributed by atoms with Crippen LogP contribution in [-0.2, 0) is 6.42 Å². The fraction of sp³-hybridized carbons (Fsp3) is 0.267. The van der Waals surface area contributed by atoms with Gasteiger partial charge in [-0.05, 0) is 30.0 Å². The van der Waals surface area contributed by atoms with E-state index in [2.05, 4.69) is 20.3 Å². The summed E-state index contributed by atoms with van der Waals surface area (Å²) >= 11 is 1.59. The Bertz CT molecular complexity index is 701. The predicted molar refractivity (Wildman–Crippen MR) is 84.4 cm³/mol. The molecule has 0 aliphatic carbocycles. The van der Waals surface area contributed by atoms with Crippen molar-refractivity contribution in [2.75, 3.05) is 18.5 Å². The second-order valence-corrected chi connectivity index (χ2v) is 5.71. The summed E-state index contributed by atoms with van der Waals surface area (Å²) in [5.41, 5.74) is 0.988. The zero-order valence-electron chi connectivity index (χ0n) is 11.4. The van der Waals surface area contributed by atoms with Crippen LogP contribution in [0, 0.1) is 5.92 Å². The molecule has 6 heteroatoms. The number of aliphatic hydroxyl groups is 1. The Morgan fingerprint density at radius 2 is 2.14 bits per heavy atom. The molecule has 3 rings (SSSR count). The lowest BCUT2D eigenvalue weighted by molar-refractivity contribution is 0.232. The molecule has 3 aromatic rings. The van der Waals surface area contributed by atoms with Gasteiger partial charge in [-0.1, -0.05) is 6.07 Å². The average molecular weight is 300 g/mol. The Balaban J connectivity index is 1.66. The van der Waals surface area contributed by atoms with Gasteiger partial charge in [0.2, 0.25) is 0 Å². The molecule has 0 aliphatic heterocycles. The van der Waals surface area contributed by atoms with Crippen LogP contribution in [0.5, 0.6) is 0 Å². The largest absolute Gasteiger partial charge is 0.396 e. The second-order valence-electron chi connectivity index (χ2n) is 4.82. The van der Waals surface area contributed by atoms with Crippen LogP contribution in [0.15, 0.2) is 42.2 Å². The molecule has 3 aromatic heterocycles. The summed E-state index contributed by atoms with van der Waals surface area (Å²) in [5, 5.41) is 15.9. The molecule has 21 heavy (non-hydrogen) atoms. The van der Waals surface area contributed by atoms with E-state index in [1.165, 1.54) is 0 Å². The quantitative estimate of drug-likeness (QED) is 0.731. The summed E-state index contributed by atoms with van der Waals surface area (Å²) in [7, 11) is 0. The Morgan fingerprint density at radius 1 is 1.19 bits per heavy atom. The maximum atomic E-state index is 9.54. The summed E-state index contributed by atoms with van der Waals surface area (Å²) in [6.45, 7) is 0.760. The number of hydrogen-bond acceptors (Lipinski definition) is 6. The first-order chi connectivity index (χ1) is 10.4. The summed E-state index contributed by atoms with van der Waals surface area (Å²) in [5.74, 6) is 0.921. The highest BCUT2D eigenvalue weighted by Crippen LogP contribution is 2.23. The molecule has 0 fully saturated rings. The highest BCUT2D eigenvalue weighted by molar-refractivity contribution is 7.16. The predicted octanol–water partition coefficient (Wildman–Crippen LogP) is 2.35. The number of aromatic nitrogens is 3. The standard InChI is InChI=1S/C15H16N4OS/c20-9-11(7-12-3-1-2-5-16-12)8-17-14-13-4-6-21-15(13)19-10-18-14/h1-6,10-11,20H,7-9H2,(H,17,18,19). The number of hydrogen-bond donors (Lipinski definition) is 2. The van der Waals surface area contributed by atoms with Gasteiger partial charge in [-0.25, -0.2) is 9.97 Å². The van der Waals surface area contributed by atoms with Crippen LogP contribution in [0.3, 0.4) is 0 Å². The van der Waals surface area contributed by atoms with Crippen LogP contribution in [0.1, 0.15) is 5.69 Å². The molecule has 108 valence electrons. The van der Waals surface area contributed by atoms with Gasteiger partial charge in [0.1, 0.15) is 17.0 Å². The van der Waals surface area contributed by atoms with E-state index in [0.717, 1.165) is 28.1 Å². The van der Waals surface area contributed by atoms with Gasteiger partial charge < -0.3 is 10.4 Å². The van der Waals surface area contributed by atoms with Gasteiger partial charge in [0.25, 0.3) is 0 Å². The Morgan fingerprint density at radius 3 is 2.95 bits per heavy atom. The fourth-order valence-electron chi connectivity index (χ4n) is 2.19. The maximum Gasteiger partial charge on any atom is 0.138 e. The molecule has 5 nitrogen and oxygen atoms in total. The minimum absolute atomic E-state index is 0.101. The number of aliphatic hydroxyl groups excluding tert-OH is 1. The van der Waals surface area contributed by atoms with Crippen molar-refractivity contribution in [3.63, 3.8) is 0 Å². The number of nitrogens with one attached hydrogen (secondary N) is 1. The lowest BCUT2D eigenvalue weighted by Crippen LogP contribution is -2.21. The first-order valence-corrected chi connectivity index (χ1v) is 7.67. The average Bonchev–Trinajstić information content (AvgIpc) is 3.01. The molecular formula is C15H16N4OS. The first kappa shape index (κ1) is 13.9. The van der Waals surface area contributed by atoms with Gasteiger partial charge >= 0.3 is 0 Å². The third kappa shape index (κ3) is 3.34. The van der Waals surface area contributed by atoms with Crippen LogP contribution in [0.25, 0.3) is 10.2 Å². The van der Waals surface area contributed by atoms with E-state index < -0.39 is 0 Å². The van der Waals surface area contributed by atoms with Gasteiger partial charge in [-0.2, -0.15) is 0 Å². The van der Waals surface area contributed by atoms with E-state index >= 15 is 0 Å². The molecule has 3 heterocycles. The normalized spacial score (nSPS) is 12.4. The van der Waals surface area contributed by atoms with Gasteiger partial charge in [0.15, 0.2) is 0 Å². The number of pyridine rings is 1. The zero-order valence-corrected chi connectivity index (χ0v) is 12.3. The molecule has 0 amide bonds. The number of anilines is 1. The van der Waals surface area contributed by atoms with E-state index in [9.17, 15) is 5.11 Å². The Labute approximate surface area is 126 Å². The molecule has 0 saturated heterocycles. The van der Waals surface area contributed by atoms with Crippen molar-refractivity contribution in [3.8, 4) is 0 Å². The smallest absolute Gasteiger partial charge is 0.138 e. The third-order valence-corrected chi connectivity index (χ3v) is 4.12. The van der Waals surface area contributed by atoms with E-state index in [4.69, 9.17) is 0 Å². The van der Waals surface area contributed by atoms with Crippen molar-refractivity contribution >= 4 is 27.4 Å². The number of rotatable bonds is 6. The van der Waals surface area contributed by atoms with Gasteiger partial charge in [-0.3, -0.25) is 4.98 Å². The molecule has 0 saturated carbocycles. The van der Waals surface area contributed by atoms with Crippen LogP contribution in [0.4, 0.5) is 5.82 Å². The summed E-state index contributed by atoms with van der Waals surface area (Å²) in [6, 6.07) is 7.84. The highest BCUT2D eigenvalue weighted by atomic mass is 32.1. The third-order valence-electron chi connectivity index (χ3n) is 3.30. The fourth-order valence-corrected chi connectivity index (χ4v) is 2.92. The monoisotopic (exact) mass is 300 g/mol. The van der Waals surface area contributed by atoms with Crippen molar-refractivity contribution in [3.05, 3.63) is 47.9 Å². The topological polar surface area (TPSA) is 70.9 Å². The zero-order chi connectivity index (χ0) is 14.5. The van der Waals surface area contributed by atoms with E-state index in [-0.39, 0.29) is 12.5 Å². The number of nitrogens with zero attached hydrogens (tertiary/aromatic N) is 3. The Kier molecular flexibility index (Phi) is 4.37. The maximum absolute atomic E-state index is 9.54. The van der Waals surface area contributed by atoms with E-state index in [1.54, 1.807) is 23.9 Å². The second kappa shape index (κ2) is 6.60. The molecule has 2 N–H and O–H groups in total. The molecule has 1 unspecified atom stereocenters. The van der Waals surface area contributed by atoms with E-state index in [1.807, 2.05) is 29.6 Å². The summed E-state index contributed by atoms with van der Waals surface area (Å²) in [6.07, 6.45) is 4.08. The lowest BCUT2D eigenvalue weighted by atomic mass is 10.0. The van der Waals surface area contributed by atoms with Crippen LogP contribution < -0.4 is 5.32 Å². The summed E-state index contributed by atoms with van der Waals surface area (Å²) in [4.78, 5) is 13.8. The highest BCUT2D eigenvalue weighted by Gasteiger charge is 2.11. The lowest BCUT2D eigenvalue weighted by Gasteiger charge is -2.15. The van der Waals surface area contributed by atoms with Crippen LogP contribution in [0.2, 0.25) is 0 Å². The van der Waals surface area contributed by atoms with E-state index in [0.29, 0.717) is 6.54 Å². The molecule has 0 spiro atoms. The molecule has 1 atom stereocenters. The number of thiophene rings is 1. The van der Waals surface area contributed by atoms with Gasteiger partial charge in [0.05, 0.1) is 5.39 Å². The summed E-state index contributed by atoms with van der Waals surface area (Å²) < 4.78 is 0. The molecule has 0 bridgehead atoms. The van der Waals surface area contributed by atoms with Gasteiger partial charge in [0, 0.05) is 31.0 Å². The Hall–Kier alpha value is -2.05. The molecule has 0 radical (unpaired) electrons. The minimum atomic E-state index is 0.101. The van der Waals surface area contributed by atoms with Crippen molar-refractivity contribution in [2.45, 2.75) is 6.42 Å². The van der Waals surface area contributed by atoms with Crippen molar-refractivity contribution < 1.29 is 5.11 Å². The van der Waals surface area contributed by atoms with Gasteiger partial charge in [-0.15, -0.1) is 11.3 Å². The molecule has 0 aromatic carbocycles. The SMILES string of the molecule is OCC(CNc1ncnc2sccc12)Cc1ccccn1. The molecular weight excluding hydrogens is 284 g/mol. The van der Waals surface area contributed by atoms with Crippen LogP contribution >= 0.6 is 11.3 Å². The van der Waals surface area contributed by atoms with Crippen molar-refractivity contribution in [1.82, 2.24) is 15.0 Å². The van der Waals surface area contributed by atoms with Crippen molar-refractivity contribution in [2.24, 2.45) is 5.92 Å². The van der Waals surface area contributed by atoms with Crippen molar-refractivity contribution in [1.29, 1.82) is 0 Å². The first-order valence-electron chi connectivity index (χ1n) is 6.79. The van der Waals surface area contributed by atoms with Crippen LogP contribution in [-0.4, -0.2) is 33.2 Å². The number of fused-ring (bicyclic) bond motifs is 1. The minimum Gasteiger partial charge on any atom is -0.396 e.